The Bertz CT molecular complexity index is 881. The molecule has 2 aromatic carbocycles. The van der Waals surface area contributed by atoms with Crippen molar-refractivity contribution in [2.75, 3.05) is 13.1 Å². The first kappa shape index (κ1) is 15.6. The molecule has 0 saturated heterocycles. The molecule has 1 heterocycles. The largest absolute Gasteiger partial charge is 0.475 e. The third-order valence-electron chi connectivity index (χ3n) is 4.31. The molecule has 1 aromatic heterocycles. The van der Waals surface area contributed by atoms with Gasteiger partial charge in [-0.15, -0.1) is 0 Å². The molecule has 3 rings (SSSR count). The first-order valence-electron chi connectivity index (χ1n) is 8.09. The molecule has 0 fully saturated rings. The van der Waals surface area contributed by atoms with Gasteiger partial charge in [-0.3, -0.25) is 9.69 Å². The molecule has 0 saturated carbocycles. The van der Waals surface area contributed by atoms with Crippen molar-refractivity contribution in [1.29, 1.82) is 0 Å². The molecule has 1 N–H and O–H groups in total. The van der Waals surface area contributed by atoms with E-state index in [2.05, 4.69) is 23.7 Å². The monoisotopic (exact) mass is 310 g/mol. The third kappa shape index (κ3) is 2.94. The van der Waals surface area contributed by atoms with E-state index in [1.165, 1.54) is 0 Å². The van der Waals surface area contributed by atoms with Gasteiger partial charge in [-0.25, -0.2) is 0 Å². The molecular weight excluding hydrogens is 288 g/mol. The van der Waals surface area contributed by atoms with Gasteiger partial charge in [0.2, 0.25) is 0 Å². The normalized spacial score (nSPS) is 12.9. The summed E-state index contributed by atoms with van der Waals surface area (Å²) >= 11 is 0. The van der Waals surface area contributed by atoms with Gasteiger partial charge in [0.05, 0.1) is 5.52 Å². The lowest BCUT2D eigenvalue weighted by Crippen LogP contribution is -2.36. The predicted octanol–water partition coefficient (Wildman–Crippen LogP) is 3.75. The molecule has 3 aromatic rings. The number of benzene rings is 2. The SMILES string of the molecule is CCN(CC)C(C)Oc1ccc2c(=O)c3ccccc3[nH]c2c1. The molecule has 0 aliphatic rings. The van der Waals surface area contributed by atoms with Crippen molar-refractivity contribution < 1.29 is 4.74 Å². The highest BCUT2D eigenvalue weighted by Crippen LogP contribution is 2.21. The second-order valence-corrected chi connectivity index (χ2v) is 5.65. The number of ether oxygens (including phenoxy) is 1. The van der Waals surface area contributed by atoms with Crippen LogP contribution in [-0.2, 0) is 0 Å². The van der Waals surface area contributed by atoms with E-state index in [1.807, 2.05) is 49.4 Å². The Balaban J connectivity index is 2.02. The molecule has 1 unspecified atom stereocenters. The average Bonchev–Trinajstić information content (AvgIpc) is 2.56. The molecule has 0 bridgehead atoms. The topological polar surface area (TPSA) is 45.3 Å². The Hall–Kier alpha value is -2.33. The number of rotatable bonds is 5. The standard InChI is InChI=1S/C19H22N2O2/c1-4-21(5-2)13(3)23-14-10-11-16-18(12-14)20-17-9-7-6-8-15(17)19(16)22/h6-13H,4-5H2,1-3H3,(H,20,22). The van der Waals surface area contributed by atoms with Gasteiger partial charge in [0, 0.05) is 22.4 Å². The number of nitrogens with one attached hydrogen (secondary N) is 1. The summed E-state index contributed by atoms with van der Waals surface area (Å²) in [6.07, 6.45) is -0.00497. The quantitative estimate of drug-likeness (QED) is 0.576. The highest BCUT2D eigenvalue weighted by atomic mass is 16.5. The number of hydrogen-bond acceptors (Lipinski definition) is 3. The predicted molar refractivity (Wildman–Crippen MR) is 95.1 cm³/mol. The molecule has 0 radical (unpaired) electrons. The van der Waals surface area contributed by atoms with Crippen LogP contribution < -0.4 is 10.2 Å². The van der Waals surface area contributed by atoms with Crippen molar-refractivity contribution in [1.82, 2.24) is 9.88 Å². The van der Waals surface area contributed by atoms with Crippen LogP contribution in [0.25, 0.3) is 21.8 Å². The summed E-state index contributed by atoms with van der Waals surface area (Å²) in [6, 6.07) is 13.2. The minimum Gasteiger partial charge on any atom is -0.475 e. The number of aromatic amines is 1. The van der Waals surface area contributed by atoms with Gasteiger partial charge < -0.3 is 9.72 Å². The Morgan fingerprint density at radius 3 is 2.48 bits per heavy atom. The zero-order valence-corrected chi connectivity index (χ0v) is 13.8. The Morgan fingerprint density at radius 2 is 1.74 bits per heavy atom. The van der Waals surface area contributed by atoms with Crippen LogP contribution in [0.15, 0.2) is 47.3 Å². The fourth-order valence-corrected chi connectivity index (χ4v) is 2.99. The number of aromatic nitrogens is 1. The smallest absolute Gasteiger partial charge is 0.197 e. The van der Waals surface area contributed by atoms with Crippen molar-refractivity contribution >= 4 is 21.8 Å². The van der Waals surface area contributed by atoms with Gasteiger partial charge in [-0.05, 0) is 44.3 Å². The zero-order chi connectivity index (χ0) is 16.4. The summed E-state index contributed by atoms with van der Waals surface area (Å²) in [5.41, 5.74) is 1.70. The van der Waals surface area contributed by atoms with Crippen molar-refractivity contribution in [3.05, 3.63) is 52.7 Å². The summed E-state index contributed by atoms with van der Waals surface area (Å²) in [6.45, 7) is 8.15. The van der Waals surface area contributed by atoms with Crippen molar-refractivity contribution in [3.63, 3.8) is 0 Å². The van der Waals surface area contributed by atoms with E-state index >= 15 is 0 Å². The van der Waals surface area contributed by atoms with Gasteiger partial charge in [0.1, 0.15) is 12.0 Å². The lowest BCUT2D eigenvalue weighted by molar-refractivity contribution is 0.0482. The Kier molecular flexibility index (Phi) is 4.35. The van der Waals surface area contributed by atoms with Gasteiger partial charge in [-0.2, -0.15) is 0 Å². The molecule has 4 heteroatoms. The summed E-state index contributed by atoms with van der Waals surface area (Å²) < 4.78 is 6.02. The van der Waals surface area contributed by atoms with E-state index in [-0.39, 0.29) is 11.7 Å². The zero-order valence-electron chi connectivity index (χ0n) is 13.8. The van der Waals surface area contributed by atoms with Gasteiger partial charge in [-0.1, -0.05) is 26.0 Å². The molecule has 120 valence electrons. The number of H-pyrrole nitrogens is 1. The maximum Gasteiger partial charge on any atom is 0.197 e. The van der Waals surface area contributed by atoms with Crippen molar-refractivity contribution in [2.45, 2.75) is 27.0 Å². The lowest BCUT2D eigenvalue weighted by Gasteiger charge is -2.26. The Morgan fingerprint density at radius 1 is 1.04 bits per heavy atom. The lowest BCUT2D eigenvalue weighted by atomic mass is 10.1. The Labute approximate surface area is 135 Å². The molecule has 0 amide bonds. The van der Waals surface area contributed by atoms with E-state index < -0.39 is 0 Å². The summed E-state index contributed by atoms with van der Waals surface area (Å²) in [5.74, 6) is 0.767. The number of pyridine rings is 1. The van der Waals surface area contributed by atoms with Crippen LogP contribution in [0, 0.1) is 0 Å². The highest BCUT2D eigenvalue weighted by Gasteiger charge is 2.12. The van der Waals surface area contributed by atoms with Crippen LogP contribution >= 0.6 is 0 Å². The van der Waals surface area contributed by atoms with E-state index in [0.717, 1.165) is 29.9 Å². The molecule has 0 aliphatic carbocycles. The van der Waals surface area contributed by atoms with Crippen LogP contribution in [0.4, 0.5) is 0 Å². The van der Waals surface area contributed by atoms with Crippen molar-refractivity contribution in [2.24, 2.45) is 0 Å². The first-order chi connectivity index (χ1) is 11.1. The first-order valence-corrected chi connectivity index (χ1v) is 8.09. The van der Waals surface area contributed by atoms with Crippen LogP contribution in [0.5, 0.6) is 5.75 Å². The van der Waals surface area contributed by atoms with Crippen LogP contribution in [-0.4, -0.2) is 29.2 Å². The van der Waals surface area contributed by atoms with Gasteiger partial charge >= 0.3 is 0 Å². The summed E-state index contributed by atoms with van der Waals surface area (Å²) in [5, 5.41) is 1.40. The van der Waals surface area contributed by atoms with Crippen LogP contribution in [0.3, 0.4) is 0 Å². The fraction of sp³-hybridized carbons (Fsp3) is 0.316. The molecule has 0 spiro atoms. The van der Waals surface area contributed by atoms with Crippen LogP contribution in [0.1, 0.15) is 20.8 Å². The number of fused-ring (bicyclic) bond motifs is 2. The molecule has 4 nitrogen and oxygen atoms in total. The minimum absolute atomic E-state index is 0.00497. The van der Waals surface area contributed by atoms with E-state index in [0.29, 0.717) is 10.8 Å². The van der Waals surface area contributed by atoms with E-state index in [1.54, 1.807) is 0 Å². The highest BCUT2D eigenvalue weighted by molar-refractivity contribution is 5.92. The summed E-state index contributed by atoms with van der Waals surface area (Å²) in [7, 11) is 0. The van der Waals surface area contributed by atoms with Crippen LogP contribution in [0.2, 0.25) is 0 Å². The molecule has 1 atom stereocenters. The summed E-state index contributed by atoms with van der Waals surface area (Å²) in [4.78, 5) is 18.1. The number of hydrogen-bond donors (Lipinski definition) is 1. The van der Waals surface area contributed by atoms with E-state index in [4.69, 9.17) is 4.74 Å². The average molecular weight is 310 g/mol. The second-order valence-electron chi connectivity index (χ2n) is 5.65. The minimum atomic E-state index is -0.00497. The fourth-order valence-electron chi connectivity index (χ4n) is 2.99. The third-order valence-corrected chi connectivity index (χ3v) is 4.31. The maximum atomic E-state index is 12.6. The number of para-hydroxylation sites is 1. The molecule has 0 aliphatic heterocycles. The second kappa shape index (κ2) is 6.42. The van der Waals surface area contributed by atoms with E-state index in [9.17, 15) is 4.79 Å². The van der Waals surface area contributed by atoms with Crippen molar-refractivity contribution in [3.8, 4) is 5.75 Å². The van der Waals surface area contributed by atoms with Gasteiger partial charge in [0.25, 0.3) is 0 Å². The number of nitrogens with zero attached hydrogens (tertiary/aromatic N) is 1. The molecular formula is C19H22N2O2. The molecule has 23 heavy (non-hydrogen) atoms. The maximum absolute atomic E-state index is 12.6. The van der Waals surface area contributed by atoms with Gasteiger partial charge in [0.15, 0.2) is 5.43 Å².